The van der Waals surface area contributed by atoms with Crippen LogP contribution >= 0.6 is 22.6 Å². The van der Waals surface area contributed by atoms with E-state index in [0.29, 0.717) is 22.7 Å². The molecule has 0 bridgehead atoms. The minimum Gasteiger partial charge on any atom is -0.493 e. The summed E-state index contributed by atoms with van der Waals surface area (Å²) in [6.45, 7) is 1.51. The number of rotatable bonds is 6. The molecule has 9 heteroatoms. The summed E-state index contributed by atoms with van der Waals surface area (Å²) in [6.07, 6.45) is 1.53. The number of methoxy groups -OCH3 is 2. The predicted molar refractivity (Wildman–Crippen MR) is 120 cm³/mol. The largest absolute Gasteiger partial charge is 0.493 e. The molecule has 0 aliphatic carbocycles. The number of urea groups is 1. The van der Waals surface area contributed by atoms with Gasteiger partial charge in [-0.2, -0.15) is 0 Å². The van der Waals surface area contributed by atoms with Gasteiger partial charge >= 0.3 is 6.03 Å². The lowest BCUT2D eigenvalue weighted by Gasteiger charge is -2.12. The quantitative estimate of drug-likeness (QED) is 0.346. The first-order valence-corrected chi connectivity index (χ1v) is 10.0. The topological polar surface area (TPSA) is 97.0 Å². The Morgan fingerprint density at radius 3 is 2.63 bits per heavy atom. The van der Waals surface area contributed by atoms with Crippen LogP contribution in [-0.2, 0) is 9.59 Å². The fourth-order valence-corrected chi connectivity index (χ4v) is 3.82. The minimum atomic E-state index is -0.652. The maximum Gasteiger partial charge on any atom is 0.329 e. The molecule has 2 aromatic rings. The van der Waals surface area contributed by atoms with Gasteiger partial charge in [0.25, 0.3) is 5.91 Å². The van der Waals surface area contributed by atoms with E-state index in [1.165, 1.54) is 13.2 Å². The van der Waals surface area contributed by atoms with Gasteiger partial charge in [0.15, 0.2) is 11.5 Å². The molecule has 1 aliphatic rings. The molecule has 8 nitrogen and oxygen atoms in total. The molecule has 2 N–H and O–H groups in total. The van der Waals surface area contributed by atoms with Crippen molar-refractivity contribution < 1.29 is 23.9 Å². The monoisotopic (exact) mass is 521 g/mol. The number of nitrogens with one attached hydrogen (secondary N) is 2. The minimum absolute atomic E-state index is 0.0753. The van der Waals surface area contributed by atoms with E-state index in [0.717, 1.165) is 14.0 Å². The summed E-state index contributed by atoms with van der Waals surface area (Å²) < 4.78 is 11.4. The molecule has 156 valence electrons. The van der Waals surface area contributed by atoms with Gasteiger partial charge < -0.3 is 20.1 Å². The fourth-order valence-electron chi connectivity index (χ4n) is 2.97. The first-order valence-electron chi connectivity index (χ1n) is 8.95. The number of aryl methyl sites for hydroxylation is 1. The number of benzene rings is 2. The number of nitrogens with zero attached hydrogens (tertiary/aromatic N) is 1. The van der Waals surface area contributed by atoms with E-state index in [-0.39, 0.29) is 12.2 Å². The highest BCUT2D eigenvalue weighted by atomic mass is 127. The molecule has 3 rings (SSSR count). The van der Waals surface area contributed by atoms with Crippen LogP contribution in [-0.4, -0.2) is 43.5 Å². The molecule has 1 heterocycles. The first kappa shape index (κ1) is 21.6. The highest BCUT2D eigenvalue weighted by Crippen LogP contribution is 2.34. The highest BCUT2D eigenvalue weighted by molar-refractivity contribution is 14.1. The van der Waals surface area contributed by atoms with Crippen LogP contribution in [0.4, 0.5) is 10.5 Å². The molecule has 0 unspecified atom stereocenters. The zero-order valence-corrected chi connectivity index (χ0v) is 18.8. The average molecular weight is 521 g/mol. The lowest BCUT2D eigenvalue weighted by molar-refractivity contribution is -0.127. The second-order valence-corrected chi connectivity index (χ2v) is 7.70. The number of imide groups is 1. The summed E-state index contributed by atoms with van der Waals surface area (Å²) in [5.41, 5.74) is 2.30. The summed E-state index contributed by atoms with van der Waals surface area (Å²) in [7, 11) is 3.06. The van der Waals surface area contributed by atoms with E-state index in [1.54, 1.807) is 31.4 Å². The van der Waals surface area contributed by atoms with Crippen LogP contribution in [0, 0.1) is 10.5 Å². The summed E-state index contributed by atoms with van der Waals surface area (Å²) in [5, 5.41) is 5.20. The normalized spacial score (nSPS) is 14.7. The molecule has 1 saturated heterocycles. The molecule has 0 aromatic heterocycles. The number of halogens is 1. The number of amides is 4. The molecule has 1 fully saturated rings. The third-order valence-electron chi connectivity index (χ3n) is 4.33. The van der Waals surface area contributed by atoms with Crippen molar-refractivity contribution in [1.82, 2.24) is 10.2 Å². The van der Waals surface area contributed by atoms with Crippen molar-refractivity contribution >= 4 is 52.2 Å². The summed E-state index contributed by atoms with van der Waals surface area (Å²) >= 11 is 2.09. The van der Waals surface area contributed by atoms with Crippen LogP contribution in [0.3, 0.4) is 0 Å². The molecule has 0 saturated carbocycles. The lowest BCUT2D eigenvalue weighted by Crippen LogP contribution is -2.38. The van der Waals surface area contributed by atoms with Gasteiger partial charge in [0, 0.05) is 5.69 Å². The van der Waals surface area contributed by atoms with E-state index in [4.69, 9.17) is 9.47 Å². The van der Waals surface area contributed by atoms with E-state index in [1.807, 2.05) is 19.1 Å². The van der Waals surface area contributed by atoms with Gasteiger partial charge in [0.05, 0.1) is 17.8 Å². The predicted octanol–water partition coefficient (Wildman–Crippen LogP) is 3.15. The van der Waals surface area contributed by atoms with Gasteiger partial charge in [-0.05, 0) is 71.0 Å². The lowest BCUT2D eigenvalue weighted by atomic mass is 10.1. The Hall–Kier alpha value is -3.08. The molecule has 0 atom stereocenters. The van der Waals surface area contributed by atoms with Crippen molar-refractivity contribution in [2.45, 2.75) is 6.92 Å². The van der Waals surface area contributed by atoms with Crippen LogP contribution in [0.15, 0.2) is 42.1 Å². The molecule has 4 amide bonds. The Kier molecular flexibility index (Phi) is 6.60. The smallest absolute Gasteiger partial charge is 0.329 e. The van der Waals surface area contributed by atoms with Crippen LogP contribution in [0.2, 0.25) is 0 Å². The summed E-state index contributed by atoms with van der Waals surface area (Å²) in [4.78, 5) is 38.1. The van der Waals surface area contributed by atoms with Crippen molar-refractivity contribution in [1.29, 1.82) is 0 Å². The summed E-state index contributed by atoms with van der Waals surface area (Å²) in [5.74, 6) is 0.0362. The Labute approximate surface area is 187 Å². The van der Waals surface area contributed by atoms with Gasteiger partial charge in [-0.3, -0.25) is 9.59 Å². The summed E-state index contributed by atoms with van der Waals surface area (Å²) in [6, 6.07) is 10.1. The number of ether oxygens (including phenoxy) is 2. The Morgan fingerprint density at radius 2 is 1.97 bits per heavy atom. The second kappa shape index (κ2) is 9.16. The van der Waals surface area contributed by atoms with Crippen molar-refractivity contribution in [3.63, 3.8) is 0 Å². The zero-order valence-electron chi connectivity index (χ0n) is 16.6. The van der Waals surface area contributed by atoms with Crippen molar-refractivity contribution in [2.75, 3.05) is 26.1 Å². The Morgan fingerprint density at radius 1 is 1.20 bits per heavy atom. The Balaban J connectivity index is 1.76. The number of hydrogen-bond donors (Lipinski definition) is 2. The highest BCUT2D eigenvalue weighted by Gasteiger charge is 2.35. The van der Waals surface area contributed by atoms with Crippen molar-refractivity contribution in [2.24, 2.45) is 0 Å². The zero-order chi connectivity index (χ0) is 21.8. The number of carbonyl (C=O) groups is 3. The first-order chi connectivity index (χ1) is 14.3. The molecule has 1 aliphatic heterocycles. The second-order valence-electron chi connectivity index (χ2n) is 6.54. The number of anilines is 1. The SMILES string of the molecule is COc1cc(C=C2NC(=O)N(CC(=O)Nc3cccc(C)c3)C2=O)cc(I)c1OC. The standard InChI is InChI=1S/C21H20IN3O5/c1-12-5-4-6-14(7-12)23-18(26)11-25-20(27)16(24-21(25)28)9-13-8-15(22)19(30-3)17(10-13)29-2/h4-10H,11H2,1-3H3,(H,23,26)(H,24,28). The average Bonchev–Trinajstić information content (AvgIpc) is 2.94. The van der Waals surface area contributed by atoms with E-state index < -0.39 is 17.8 Å². The van der Waals surface area contributed by atoms with Gasteiger partial charge in [-0.25, -0.2) is 9.69 Å². The number of hydrogen-bond acceptors (Lipinski definition) is 5. The molecular formula is C21H20IN3O5. The molecule has 0 spiro atoms. The fraction of sp³-hybridized carbons (Fsp3) is 0.190. The number of carbonyl (C=O) groups excluding carboxylic acids is 3. The van der Waals surface area contributed by atoms with E-state index >= 15 is 0 Å². The van der Waals surface area contributed by atoms with Gasteiger partial charge in [-0.1, -0.05) is 12.1 Å². The molecule has 0 radical (unpaired) electrons. The van der Waals surface area contributed by atoms with Gasteiger partial charge in [0.2, 0.25) is 5.91 Å². The maximum absolute atomic E-state index is 12.7. The van der Waals surface area contributed by atoms with Gasteiger partial charge in [-0.15, -0.1) is 0 Å². The van der Waals surface area contributed by atoms with Crippen LogP contribution < -0.4 is 20.1 Å². The third kappa shape index (κ3) is 4.73. The molecule has 2 aromatic carbocycles. The Bertz CT molecular complexity index is 1050. The van der Waals surface area contributed by atoms with Crippen molar-refractivity contribution in [3.8, 4) is 11.5 Å². The van der Waals surface area contributed by atoms with E-state index in [2.05, 4.69) is 33.2 Å². The van der Waals surface area contributed by atoms with Crippen LogP contribution in [0.5, 0.6) is 11.5 Å². The van der Waals surface area contributed by atoms with Crippen LogP contribution in [0.1, 0.15) is 11.1 Å². The van der Waals surface area contributed by atoms with Crippen molar-refractivity contribution in [3.05, 3.63) is 56.8 Å². The van der Waals surface area contributed by atoms with Crippen LogP contribution in [0.25, 0.3) is 6.08 Å². The van der Waals surface area contributed by atoms with E-state index in [9.17, 15) is 14.4 Å². The molecule has 30 heavy (non-hydrogen) atoms. The maximum atomic E-state index is 12.7. The van der Waals surface area contributed by atoms with Gasteiger partial charge in [0.1, 0.15) is 12.2 Å². The molecular weight excluding hydrogens is 501 g/mol. The third-order valence-corrected chi connectivity index (χ3v) is 5.13.